The number of nitrogens with one attached hydrogen (secondary N) is 1. The number of aryl methyl sites for hydroxylation is 1. The molecule has 0 atom stereocenters. The highest BCUT2D eigenvalue weighted by Crippen LogP contribution is 2.14. The van der Waals surface area contributed by atoms with Crippen LogP contribution in [0.5, 0.6) is 0 Å². The van der Waals surface area contributed by atoms with E-state index in [1.165, 1.54) is 18.0 Å². The molecule has 96 valence electrons. The van der Waals surface area contributed by atoms with Crippen LogP contribution in [-0.4, -0.2) is 11.9 Å². The largest absolute Gasteiger partial charge is 0.402 e. The number of allylic oxidation sites excluding steroid dienone is 1. The van der Waals surface area contributed by atoms with Gasteiger partial charge in [0.25, 0.3) is 0 Å². The second-order valence-electron chi connectivity index (χ2n) is 3.75. The molecule has 5 N–H and O–H groups in total. The van der Waals surface area contributed by atoms with Crippen LogP contribution in [0.1, 0.15) is 12.5 Å². The third-order valence-corrected chi connectivity index (χ3v) is 2.67. The Morgan fingerprint density at radius 1 is 1.33 bits per heavy atom. The van der Waals surface area contributed by atoms with Gasteiger partial charge in [0, 0.05) is 10.6 Å². The number of nitrogens with zero attached hydrogens (tertiary/aromatic N) is 1. The number of carbonyl (C=O) groups is 1. The van der Waals surface area contributed by atoms with Gasteiger partial charge < -0.3 is 11.5 Å². The van der Waals surface area contributed by atoms with E-state index >= 15 is 0 Å². The highest BCUT2D eigenvalue weighted by atomic mass is 32.2. The van der Waals surface area contributed by atoms with Crippen LogP contribution < -0.4 is 16.2 Å². The molecule has 2 amide bonds. The summed E-state index contributed by atoms with van der Waals surface area (Å²) in [6.45, 7) is 3.67. The molecule has 0 spiro atoms. The number of rotatable bonds is 3. The molecule has 18 heavy (non-hydrogen) atoms. The van der Waals surface area contributed by atoms with Crippen LogP contribution in [0.2, 0.25) is 0 Å². The Morgan fingerprint density at radius 2 is 1.94 bits per heavy atom. The van der Waals surface area contributed by atoms with Gasteiger partial charge in [0.1, 0.15) is 5.84 Å². The van der Waals surface area contributed by atoms with Gasteiger partial charge in [-0.1, -0.05) is 17.7 Å². The molecule has 0 aromatic heterocycles. The number of amides is 2. The van der Waals surface area contributed by atoms with E-state index in [2.05, 4.69) is 9.71 Å². The van der Waals surface area contributed by atoms with Crippen LogP contribution >= 0.6 is 11.9 Å². The van der Waals surface area contributed by atoms with E-state index in [0.29, 0.717) is 5.70 Å². The summed E-state index contributed by atoms with van der Waals surface area (Å²) in [7, 11) is 0. The summed E-state index contributed by atoms with van der Waals surface area (Å²) in [6.07, 6.45) is 1.43. The van der Waals surface area contributed by atoms with Crippen LogP contribution in [0.15, 0.2) is 45.9 Å². The molecule has 0 bridgehead atoms. The lowest BCUT2D eigenvalue weighted by Crippen LogP contribution is -2.18. The molecule has 1 rings (SSSR count). The van der Waals surface area contributed by atoms with Crippen molar-refractivity contribution >= 4 is 23.8 Å². The smallest absolute Gasteiger partial charge is 0.353 e. The first-order valence-corrected chi connectivity index (χ1v) is 6.10. The van der Waals surface area contributed by atoms with Crippen LogP contribution in [0, 0.1) is 6.92 Å². The molecule has 1 aromatic rings. The molecule has 1 aromatic carbocycles. The Labute approximate surface area is 110 Å². The average Bonchev–Trinajstić information content (AvgIpc) is 2.27. The number of hydrogen-bond donors (Lipinski definition) is 3. The zero-order chi connectivity index (χ0) is 13.5. The maximum Gasteiger partial charge on any atom is 0.353 e. The first-order valence-electron chi connectivity index (χ1n) is 5.29. The van der Waals surface area contributed by atoms with Crippen LogP contribution in [0.25, 0.3) is 0 Å². The standard InChI is InChI=1S/C12H16N4OS/c1-8-3-5-10(6-4-8)18-16-12(17)15-11(14)7-9(2)13/h3-7H,13H2,1-2H3,(H3,14,15,16,17)/b9-7-. The van der Waals surface area contributed by atoms with Gasteiger partial charge in [-0.3, -0.25) is 4.72 Å². The molecule has 0 saturated heterocycles. The SMILES string of the molecule is C/C(N)=C/C(N)=N\C(=O)NSc1ccc(C)cc1. The summed E-state index contributed by atoms with van der Waals surface area (Å²) in [5.74, 6) is 0.0806. The third-order valence-electron chi connectivity index (χ3n) is 1.88. The fourth-order valence-electron chi connectivity index (χ4n) is 1.11. The number of aliphatic imine (C=N–C) groups is 1. The van der Waals surface area contributed by atoms with Crippen molar-refractivity contribution in [3.63, 3.8) is 0 Å². The molecule has 0 unspecified atom stereocenters. The Hall–Kier alpha value is -1.95. The van der Waals surface area contributed by atoms with Gasteiger partial charge in [0.2, 0.25) is 0 Å². The van der Waals surface area contributed by atoms with Gasteiger partial charge in [0.15, 0.2) is 0 Å². The van der Waals surface area contributed by atoms with E-state index in [1.807, 2.05) is 31.2 Å². The van der Waals surface area contributed by atoms with Crippen molar-refractivity contribution in [2.75, 3.05) is 0 Å². The van der Waals surface area contributed by atoms with Crippen molar-refractivity contribution in [2.45, 2.75) is 18.7 Å². The van der Waals surface area contributed by atoms with Crippen LogP contribution in [0.3, 0.4) is 0 Å². The van der Waals surface area contributed by atoms with Gasteiger partial charge >= 0.3 is 6.03 Å². The number of hydrogen-bond acceptors (Lipinski definition) is 3. The average molecular weight is 264 g/mol. The van der Waals surface area contributed by atoms with Gasteiger partial charge in [-0.15, -0.1) is 0 Å². The van der Waals surface area contributed by atoms with Crippen LogP contribution in [-0.2, 0) is 0 Å². The van der Waals surface area contributed by atoms with Crippen molar-refractivity contribution in [1.82, 2.24) is 4.72 Å². The molecule has 0 radical (unpaired) electrons. The van der Waals surface area contributed by atoms with E-state index in [4.69, 9.17) is 11.5 Å². The van der Waals surface area contributed by atoms with Gasteiger partial charge in [-0.25, -0.2) is 4.79 Å². The third kappa shape index (κ3) is 5.40. The van der Waals surface area contributed by atoms with Crippen molar-refractivity contribution in [3.8, 4) is 0 Å². The summed E-state index contributed by atoms with van der Waals surface area (Å²) in [6, 6.07) is 7.24. The summed E-state index contributed by atoms with van der Waals surface area (Å²) < 4.78 is 2.56. The summed E-state index contributed by atoms with van der Waals surface area (Å²) in [5, 5.41) is 0. The predicted octanol–water partition coefficient (Wildman–Crippen LogP) is 1.93. The monoisotopic (exact) mass is 264 g/mol. The zero-order valence-electron chi connectivity index (χ0n) is 10.3. The number of benzene rings is 1. The molecular weight excluding hydrogens is 248 g/mol. The van der Waals surface area contributed by atoms with Crippen molar-refractivity contribution in [1.29, 1.82) is 0 Å². The molecule has 0 fully saturated rings. The second-order valence-corrected chi connectivity index (χ2v) is 4.63. The molecule has 0 aliphatic heterocycles. The number of carbonyl (C=O) groups excluding carboxylic acids is 1. The fraction of sp³-hybridized carbons (Fsp3) is 0.167. The van der Waals surface area contributed by atoms with Gasteiger partial charge in [-0.05, 0) is 44.0 Å². The summed E-state index contributed by atoms with van der Waals surface area (Å²) in [4.78, 5) is 15.9. The fourth-order valence-corrected chi connectivity index (χ4v) is 1.64. The highest BCUT2D eigenvalue weighted by Gasteiger charge is 2.00. The first-order chi connectivity index (χ1) is 8.47. The first kappa shape index (κ1) is 14.1. The molecule has 6 heteroatoms. The van der Waals surface area contributed by atoms with Crippen molar-refractivity contribution in [3.05, 3.63) is 41.6 Å². The summed E-state index contributed by atoms with van der Waals surface area (Å²) in [5.41, 5.74) is 12.6. The zero-order valence-corrected chi connectivity index (χ0v) is 11.1. The Morgan fingerprint density at radius 3 is 2.50 bits per heavy atom. The predicted molar refractivity (Wildman–Crippen MR) is 75.1 cm³/mol. The lowest BCUT2D eigenvalue weighted by atomic mass is 10.2. The van der Waals surface area contributed by atoms with Crippen LogP contribution in [0.4, 0.5) is 4.79 Å². The normalized spacial score (nSPS) is 12.3. The molecule has 0 saturated carbocycles. The topological polar surface area (TPSA) is 93.5 Å². The summed E-state index contributed by atoms with van der Waals surface area (Å²) >= 11 is 1.18. The Bertz CT molecular complexity index is 475. The molecule has 0 heterocycles. The number of amidine groups is 1. The lowest BCUT2D eigenvalue weighted by Gasteiger charge is -2.01. The lowest BCUT2D eigenvalue weighted by molar-refractivity contribution is 0.254. The van der Waals surface area contributed by atoms with E-state index in [1.54, 1.807) is 6.92 Å². The van der Waals surface area contributed by atoms with E-state index < -0.39 is 6.03 Å². The number of urea groups is 1. The van der Waals surface area contributed by atoms with Gasteiger partial charge in [0.05, 0.1) is 0 Å². The molecular formula is C12H16N4OS. The minimum Gasteiger partial charge on any atom is -0.402 e. The Kier molecular flexibility index (Phi) is 5.26. The minimum atomic E-state index is -0.518. The Balaban J connectivity index is 2.51. The molecule has 0 aliphatic carbocycles. The quantitative estimate of drug-likeness (QED) is 0.442. The van der Waals surface area contributed by atoms with Gasteiger partial charge in [-0.2, -0.15) is 4.99 Å². The molecule has 0 aliphatic rings. The van der Waals surface area contributed by atoms with Crippen molar-refractivity contribution in [2.24, 2.45) is 16.5 Å². The van der Waals surface area contributed by atoms with E-state index in [9.17, 15) is 4.79 Å². The van der Waals surface area contributed by atoms with Crippen molar-refractivity contribution < 1.29 is 4.79 Å². The second kappa shape index (κ2) is 6.70. The molecule has 5 nitrogen and oxygen atoms in total. The maximum atomic E-state index is 11.4. The highest BCUT2D eigenvalue weighted by molar-refractivity contribution is 7.98. The van der Waals surface area contributed by atoms with E-state index in [0.717, 1.165) is 10.5 Å². The number of nitrogens with two attached hydrogens (primary N) is 2. The maximum absolute atomic E-state index is 11.4. The minimum absolute atomic E-state index is 0.0806. The van der Waals surface area contributed by atoms with E-state index in [-0.39, 0.29) is 5.84 Å².